The number of amides is 1. The summed E-state index contributed by atoms with van der Waals surface area (Å²) in [6, 6.07) is 14.6. The Balaban J connectivity index is 1.27. The molecule has 1 N–H and O–H groups in total. The molecule has 3 aliphatic rings. The zero-order valence-electron chi connectivity index (χ0n) is 21.8. The molecule has 6 nitrogen and oxygen atoms in total. The van der Waals surface area contributed by atoms with E-state index in [1.54, 1.807) is 6.07 Å². The number of quaternary nitrogens is 1. The maximum atomic E-state index is 14.7. The molecule has 2 atom stereocenters. The van der Waals surface area contributed by atoms with Gasteiger partial charge in [0, 0.05) is 18.8 Å². The maximum Gasteiger partial charge on any atom is 0.415 e. The second-order valence-electron chi connectivity index (χ2n) is 10.6. The van der Waals surface area contributed by atoms with Gasteiger partial charge < -0.3 is 19.1 Å². The Morgan fingerprint density at radius 3 is 2.38 bits per heavy atom. The number of hydrogen-bond donors (Lipinski definition) is 1. The fourth-order valence-corrected chi connectivity index (χ4v) is 5.77. The number of ether oxygens (including phenoxy) is 2. The molecule has 3 aromatic carbocycles. The largest absolute Gasteiger partial charge is 0.491 e. The van der Waals surface area contributed by atoms with E-state index in [0.717, 1.165) is 43.0 Å². The summed E-state index contributed by atoms with van der Waals surface area (Å²) in [5, 5.41) is 10.7. The van der Waals surface area contributed by atoms with E-state index in [4.69, 9.17) is 9.47 Å². The first kappa shape index (κ1) is 27.9. The Bertz CT molecular complexity index is 1330. The number of anilines is 1. The number of rotatable bonds is 9. The summed E-state index contributed by atoms with van der Waals surface area (Å²) in [6.45, 7) is 2.34. The zero-order chi connectivity index (χ0) is 28.3. The Kier molecular flexibility index (Phi) is 8.27. The van der Waals surface area contributed by atoms with Crippen LogP contribution in [0.4, 0.5) is 28.0 Å². The number of fused-ring (bicyclic) bond motifs is 3. The van der Waals surface area contributed by atoms with Gasteiger partial charge >= 0.3 is 6.09 Å². The molecule has 40 heavy (non-hydrogen) atoms. The van der Waals surface area contributed by atoms with Gasteiger partial charge in [-0.15, -0.1) is 0 Å². The highest BCUT2D eigenvalue weighted by Crippen LogP contribution is 2.36. The molecule has 6 rings (SSSR count). The SMILES string of the molecule is O=C(O[C@H]1C[N+]2(CC(O)COc3ccc(F)cc3)CCC1CC2)N(Cc1ccc(F)c(F)c1)c1ccccc1F. The molecule has 1 unspecified atom stereocenters. The lowest BCUT2D eigenvalue weighted by Gasteiger charge is -2.52. The van der Waals surface area contributed by atoms with Crippen molar-refractivity contribution in [2.24, 2.45) is 5.92 Å². The number of nitrogens with zero attached hydrogens (tertiary/aromatic N) is 2. The molecule has 212 valence electrons. The molecular weight excluding hydrogens is 528 g/mol. The van der Waals surface area contributed by atoms with Gasteiger partial charge in [-0.05, 0) is 54.1 Å². The third kappa shape index (κ3) is 6.39. The third-order valence-corrected chi connectivity index (χ3v) is 7.84. The van der Waals surface area contributed by atoms with Crippen LogP contribution in [0, 0.1) is 29.2 Å². The van der Waals surface area contributed by atoms with E-state index in [1.165, 1.54) is 48.5 Å². The topological polar surface area (TPSA) is 59.0 Å². The molecule has 3 fully saturated rings. The molecule has 3 heterocycles. The van der Waals surface area contributed by atoms with Crippen molar-refractivity contribution in [1.29, 1.82) is 0 Å². The molecule has 1 amide bonds. The molecule has 0 aliphatic carbocycles. The van der Waals surface area contributed by atoms with Gasteiger partial charge in [0.15, 0.2) is 17.7 Å². The van der Waals surface area contributed by atoms with Gasteiger partial charge in [-0.2, -0.15) is 0 Å². The Morgan fingerprint density at radius 2 is 1.68 bits per heavy atom. The van der Waals surface area contributed by atoms with Gasteiger partial charge in [-0.3, -0.25) is 4.90 Å². The molecule has 3 aromatic rings. The number of para-hydroxylation sites is 1. The normalized spacial score (nSPS) is 22.5. The Labute approximate surface area is 229 Å². The minimum atomic E-state index is -1.06. The molecule has 2 bridgehead atoms. The summed E-state index contributed by atoms with van der Waals surface area (Å²) in [6.07, 6.45) is -0.440. The van der Waals surface area contributed by atoms with Crippen LogP contribution in [0.3, 0.4) is 0 Å². The van der Waals surface area contributed by atoms with Gasteiger partial charge in [0.1, 0.15) is 43.2 Å². The highest BCUT2D eigenvalue weighted by Gasteiger charge is 2.48. The number of aliphatic hydroxyl groups excluding tert-OH is 1. The molecule has 3 aliphatic heterocycles. The van der Waals surface area contributed by atoms with E-state index in [1.807, 2.05) is 0 Å². The molecule has 0 spiro atoms. The minimum absolute atomic E-state index is 0.0317. The van der Waals surface area contributed by atoms with Gasteiger partial charge in [-0.25, -0.2) is 22.4 Å². The van der Waals surface area contributed by atoms with Gasteiger partial charge in [0.2, 0.25) is 0 Å². The lowest BCUT2D eigenvalue weighted by atomic mass is 9.83. The number of piperidine rings is 3. The summed E-state index contributed by atoms with van der Waals surface area (Å²) in [4.78, 5) is 14.6. The number of benzene rings is 3. The van der Waals surface area contributed by atoms with Crippen LogP contribution in [-0.2, 0) is 11.3 Å². The van der Waals surface area contributed by atoms with Crippen molar-refractivity contribution in [2.75, 3.05) is 37.7 Å². The Hall–Kier alpha value is -3.63. The molecule has 10 heteroatoms. The quantitative estimate of drug-likeness (QED) is 0.281. The molecule has 0 saturated carbocycles. The van der Waals surface area contributed by atoms with Crippen LogP contribution < -0.4 is 9.64 Å². The van der Waals surface area contributed by atoms with Crippen LogP contribution in [0.15, 0.2) is 66.7 Å². The minimum Gasteiger partial charge on any atom is -0.491 e. The van der Waals surface area contributed by atoms with Gasteiger partial charge in [0.05, 0.1) is 25.3 Å². The van der Waals surface area contributed by atoms with Crippen LogP contribution in [0.2, 0.25) is 0 Å². The monoisotopic (exact) mass is 559 g/mol. The molecular formula is C30H31F4N2O4+. The molecule has 0 aromatic heterocycles. The molecule has 3 saturated heterocycles. The second kappa shape index (κ2) is 11.9. The van der Waals surface area contributed by atoms with Gasteiger partial charge in [-0.1, -0.05) is 18.2 Å². The zero-order valence-corrected chi connectivity index (χ0v) is 21.8. The lowest BCUT2D eigenvalue weighted by molar-refractivity contribution is -0.948. The summed E-state index contributed by atoms with van der Waals surface area (Å²) in [5.74, 6) is -2.52. The average molecular weight is 560 g/mol. The maximum absolute atomic E-state index is 14.7. The van der Waals surface area contributed by atoms with Crippen LogP contribution >= 0.6 is 0 Å². The summed E-state index contributed by atoms with van der Waals surface area (Å²) < 4.78 is 67.3. The van der Waals surface area contributed by atoms with E-state index in [0.29, 0.717) is 23.3 Å². The van der Waals surface area contributed by atoms with E-state index in [9.17, 15) is 27.5 Å². The van der Waals surface area contributed by atoms with Gasteiger partial charge in [0.25, 0.3) is 0 Å². The predicted molar refractivity (Wildman–Crippen MR) is 140 cm³/mol. The predicted octanol–water partition coefficient (Wildman–Crippen LogP) is 5.44. The summed E-state index contributed by atoms with van der Waals surface area (Å²) in [7, 11) is 0. The van der Waals surface area contributed by atoms with Crippen LogP contribution in [-0.4, -0.2) is 60.7 Å². The van der Waals surface area contributed by atoms with E-state index < -0.39 is 35.8 Å². The van der Waals surface area contributed by atoms with E-state index in [2.05, 4.69) is 0 Å². The van der Waals surface area contributed by atoms with Crippen molar-refractivity contribution in [1.82, 2.24) is 0 Å². The molecule has 0 radical (unpaired) electrons. The van der Waals surface area contributed by atoms with Crippen LogP contribution in [0.1, 0.15) is 18.4 Å². The Morgan fingerprint density at radius 1 is 0.950 bits per heavy atom. The van der Waals surface area contributed by atoms with Crippen molar-refractivity contribution in [3.8, 4) is 5.75 Å². The average Bonchev–Trinajstić information content (AvgIpc) is 2.94. The first-order valence-corrected chi connectivity index (χ1v) is 13.3. The highest BCUT2D eigenvalue weighted by atomic mass is 19.2. The number of carbonyl (C=O) groups is 1. The van der Waals surface area contributed by atoms with Crippen molar-refractivity contribution in [3.05, 3.63) is 95.6 Å². The fourth-order valence-electron chi connectivity index (χ4n) is 5.77. The highest BCUT2D eigenvalue weighted by molar-refractivity contribution is 5.87. The van der Waals surface area contributed by atoms with Crippen molar-refractivity contribution >= 4 is 11.8 Å². The van der Waals surface area contributed by atoms with E-state index >= 15 is 0 Å². The smallest absolute Gasteiger partial charge is 0.415 e. The summed E-state index contributed by atoms with van der Waals surface area (Å²) in [5.41, 5.74) is 0.247. The first-order valence-electron chi connectivity index (χ1n) is 13.3. The third-order valence-electron chi connectivity index (χ3n) is 7.84. The van der Waals surface area contributed by atoms with Crippen LogP contribution in [0.25, 0.3) is 0 Å². The van der Waals surface area contributed by atoms with E-state index in [-0.39, 0.29) is 36.1 Å². The number of halogens is 4. The van der Waals surface area contributed by atoms with Crippen molar-refractivity contribution < 1.29 is 41.4 Å². The number of aliphatic hydroxyl groups is 1. The standard InChI is InChI=1S/C30H31F4N2O4/c31-22-6-8-24(9-7-22)39-19-23(37)17-36-13-11-21(12-14-36)29(18-36)40-30(38)35(28-4-2-1-3-26(28)33)16-20-5-10-25(32)27(34)15-20/h1-10,15,21,23,29,37H,11-14,16-19H2/q+1/t21?,23?,29-,36?/m0/s1. The summed E-state index contributed by atoms with van der Waals surface area (Å²) >= 11 is 0. The van der Waals surface area contributed by atoms with Crippen molar-refractivity contribution in [2.45, 2.75) is 31.6 Å². The fraction of sp³-hybridized carbons (Fsp3) is 0.367. The van der Waals surface area contributed by atoms with Crippen molar-refractivity contribution in [3.63, 3.8) is 0 Å². The number of carbonyl (C=O) groups excluding carboxylic acids is 1. The second-order valence-corrected chi connectivity index (χ2v) is 10.6. The first-order chi connectivity index (χ1) is 19.2. The lowest BCUT2D eigenvalue weighted by Crippen LogP contribution is -2.66. The number of hydrogen-bond acceptors (Lipinski definition) is 4. The van der Waals surface area contributed by atoms with Crippen LogP contribution in [0.5, 0.6) is 5.75 Å².